The van der Waals surface area contributed by atoms with E-state index in [0.717, 1.165) is 10.2 Å². The van der Waals surface area contributed by atoms with Gasteiger partial charge in [-0.1, -0.05) is 0 Å². The number of rotatable bonds is 4. The quantitative estimate of drug-likeness (QED) is 0.774. The number of hydrogen-bond acceptors (Lipinski definition) is 4. The van der Waals surface area contributed by atoms with Crippen LogP contribution in [0.5, 0.6) is 0 Å². The van der Waals surface area contributed by atoms with Crippen LogP contribution in [0.1, 0.15) is 31.2 Å². The van der Waals surface area contributed by atoms with Gasteiger partial charge in [-0.3, -0.25) is 4.79 Å². The lowest BCUT2D eigenvalue weighted by atomic mass is 9.79. The molecule has 0 spiro atoms. The number of aliphatic hydroxyl groups is 1. The van der Waals surface area contributed by atoms with E-state index in [2.05, 4.69) is 27.3 Å². The first-order valence-corrected chi connectivity index (χ1v) is 7.61. The maximum atomic E-state index is 10.9. The largest absolute Gasteiger partial charge is 0.481 e. The number of carboxylic acids is 1. The van der Waals surface area contributed by atoms with Crippen molar-refractivity contribution in [3.63, 3.8) is 0 Å². The summed E-state index contributed by atoms with van der Waals surface area (Å²) in [7, 11) is 0. The maximum absolute atomic E-state index is 10.9. The van der Waals surface area contributed by atoms with Gasteiger partial charge >= 0.3 is 5.97 Å². The Labute approximate surface area is 131 Å². The first-order valence-electron chi connectivity index (χ1n) is 6.82. The molecule has 2 rings (SSSR count). The highest BCUT2D eigenvalue weighted by atomic mass is 79.9. The van der Waals surface area contributed by atoms with Crippen molar-refractivity contribution in [3.05, 3.63) is 28.2 Å². The lowest BCUT2D eigenvalue weighted by Crippen LogP contribution is -2.41. The van der Waals surface area contributed by atoms with Gasteiger partial charge in [0.05, 0.1) is 23.2 Å². The minimum Gasteiger partial charge on any atom is -0.481 e. The molecule has 1 aliphatic rings. The third-order valence-electron chi connectivity index (χ3n) is 3.97. The molecule has 0 aliphatic heterocycles. The summed E-state index contributed by atoms with van der Waals surface area (Å²) in [5, 5.41) is 31.5. The van der Waals surface area contributed by atoms with E-state index in [-0.39, 0.29) is 5.92 Å². The van der Waals surface area contributed by atoms with E-state index in [1.807, 2.05) is 0 Å². The lowest BCUT2D eigenvalue weighted by molar-refractivity contribution is -0.144. The van der Waals surface area contributed by atoms with Gasteiger partial charge in [0, 0.05) is 16.7 Å². The maximum Gasteiger partial charge on any atom is 0.306 e. The lowest BCUT2D eigenvalue weighted by Gasteiger charge is -2.35. The molecule has 0 bridgehead atoms. The highest BCUT2D eigenvalue weighted by molar-refractivity contribution is 9.10. The minimum absolute atomic E-state index is 0.341. The molecule has 1 aliphatic carbocycles. The smallest absolute Gasteiger partial charge is 0.306 e. The zero-order valence-corrected chi connectivity index (χ0v) is 13.1. The van der Waals surface area contributed by atoms with Crippen LogP contribution in [0.15, 0.2) is 22.7 Å². The Bertz CT molecular complexity index is 575. The molecular weight excluding hydrogens is 336 g/mol. The first-order chi connectivity index (χ1) is 9.93. The average molecular weight is 353 g/mol. The molecule has 112 valence electrons. The molecule has 1 saturated carbocycles. The number of halogens is 1. The van der Waals surface area contributed by atoms with Crippen molar-refractivity contribution >= 4 is 27.6 Å². The topological polar surface area (TPSA) is 93.4 Å². The Balaban J connectivity index is 1.94. The number of benzene rings is 1. The standard InChI is InChI=1S/C15H17BrN2O3/c16-12-7-10(8-17)1-2-13(12)18-9-15(21)5-3-11(4-6-15)14(19)20/h1-2,7,11,18,21H,3-6,9H2,(H,19,20). The van der Waals surface area contributed by atoms with Crippen molar-refractivity contribution in [2.45, 2.75) is 31.3 Å². The summed E-state index contributed by atoms with van der Waals surface area (Å²) in [6, 6.07) is 7.27. The molecule has 1 fully saturated rings. The average Bonchev–Trinajstić information content (AvgIpc) is 2.46. The summed E-state index contributed by atoms with van der Waals surface area (Å²) in [6.45, 7) is 0.365. The number of nitrogens with zero attached hydrogens (tertiary/aromatic N) is 1. The minimum atomic E-state index is -0.876. The van der Waals surface area contributed by atoms with E-state index in [9.17, 15) is 9.90 Å². The Morgan fingerprint density at radius 1 is 1.48 bits per heavy atom. The summed E-state index contributed by atoms with van der Waals surface area (Å²) in [5.74, 6) is -1.12. The fourth-order valence-corrected chi connectivity index (χ4v) is 3.09. The third kappa shape index (κ3) is 3.96. The van der Waals surface area contributed by atoms with Crippen molar-refractivity contribution in [2.24, 2.45) is 5.92 Å². The number of hydrogen-bond donors (Lipinski definition) is 3. The van der Waals surface area contributed by atoms with Crippen molar-refractivity contribution in [3.8, 4) is 6.07 Å². The van der Waals surface area contributed by atoms with E-state index in [1.54, 1.807) is 18.2 Å². The van der Waals surface area contributed by atoms with Gasteiger partial charge < -0.3 is 15.5 Å². The Hall–Kier alpha value is -1.58. The summed E-state index contributed by atoms with van der Waals surface area (Å²) in [5.41, 5.74) is 0.495. The molecule has 0 atom stereocenters. The number of anilines is 1. The summed E-state index contributed by atoms with van der Waals surface area (Å²) >= 11 is 3.39. The predicted molar refractivity (Wildman–Crippen MR) is 81.9 cm³/mol. The fourth-order valence-electron chi connectivity index (χ4n) is 2.57. The van der Waals surface area contributed by atoms with E-state index < -0.39 is 11.6 Å². The van der Waals surface area contributed by atoms with Gasteiger partial charge in [0.25, 0.3) is 0 Å². The summed E-state index contributed by atoms with van der Waals surface area (Å²) in [6.07, 6.45) is 1.96. The normalized spacial score (nSPS) is 25.1. The second kappa shape index (κ2) is 6.46. The van der Waals surface area contributed by atoms with E-state index in [1.165, 1.54) is 0 Å². The molecule has 1 aromatic carbocycles. The first kappa shape index (κ1) is 15.8. The fraction of sp³-hybridized carbons (Fsp3) is 0.467. The van der Waals surface area contributed by atoms with Crippen molar-refractivity contribution in [1.29, 1.82) is 5.26 Å². The van der Waals surface area contributed by atoms with Crippen molar-refractivity contribution in [2.75, 3.05) is 11.9 Å². The Morgan fingerprint density at radius 2 is 2.14 bits per heavy atom. The second-order valence-corrected chi connectivity index (χ2v) is 6.35. The molecule has 0 unspecified atom stereocenters. The zero-order valence-electron chi connectivity index (χ0n) is 11.5. The highest BCUT2D eigenvalue weighted by Crippen LogP contribution is 2.33. The highest BCUT2D eigenvalue weighted by Gasteiger charge is 2.35. The van der Waals surface area contributed by atoms with Crippen LogP contribution in [-0.4, -0.2) is 28.3 Å². The second-order valence-electron chi connectivity index (χ2n) is 5.50. The van der Waals surface area contributed by atoms with Crippen LogP contribution in [0.3, 0.4) is 0 Å². The van der Waals surface area contributed by atoms with Crippen LogP contribution in [0.2, 0.25) is 0 Å². The van der Waals surface area contributed by atoms with Crippen LogP contribution < -0.4 is 5.32 Å². The molecule has 0 heterocycles. The van der Waals surface area contributed by atoms with E-state index in [4.69, 9.17) is 10.4 Å². The van der Waals surface area contributed by atoms with Gasteiger partial charge in [0.1, 0.15) is 0 Å². The van der Waals surface area contributed by atoms with Gasteiger partial charge in [-0.05, 0) is 59.8 Å². The molecule has 6 heteroatoms. The molecule has 21 heavy (non-hydrogen) atoms. The Morgan fingerprint density at radius 3 is 2.67 bits per heavy atom. The van der Waals surface area contributed by atoms with Crippen LogP contribution in [-0.2, 0) is 4.79 Å². The molecular formula is C15H17BrN2O3. The third-order valence-corrected chi connectivity index (χ3v) is 4.63. The molecule has 3 N–H and O–H groups in total. The van der Waals surface area contributed by atoms with Crippen LogP contribution in [0.25, 0.3) is 0 Å². The van der Waals surface area contributed by atoms with Gasteiger partial charge in [-0.25, -0.2) is 0 Å². The number of nitriles is 1. The number of carbonyl (C=O) groups is 1. The van der Waals surface area contributed by atoms with Crippen LogP contribution in [0, 0.1) is 17.2 Å². The molecule has 0 saturated heterocycles. The van der Waals surface area contributed by atoms with Gasteiger partial charge in [-0.2, -0.15) is 5.26 Å². The van der Waals surface area contributed by atoms with Crippen molar-refractivity contribution in [1.82, 2.24) is 0 Å². The SMILES string of the molecule is N#Cc1ccc(NCC2(O)CCC(C(=O)O)CC2)c(Br)c1. The van der Waals surface area contributed by atoms with Crippen molar-refractivity contribution < 1.29 is 15.0 Å². The molecule has 0 aromatic heterocycles. The molecule has 0 radical (unpaired) electrons. The van der Waals surface area contributed by atoms with Gasteiger partial charge in [-0.15, -0.1) is 0 Å². The number of nitrogens with one attached hydrogen (secondary N) is 1. The Kier molecular flexibility index (Phi) is 4.86. The van der Waals surface area contributed by atoms with E-state index in [0.29, 0.717) is 37.8 Å². The van der Waals surface area contributed by atoms with Crippen LogP contribution in [0.4, 0.5) is 5.69 Å². The monoisotopic (exact) mass is 352 g/mol. The molecule has 5 nitrogen and oxygen atoms in total. The predicted octanol–water partition coefficient (Wildman–Crippen LogP) is 2.74. The molecule has 0 amide bonds. The number of aliphatic carboxylic acids is 1. The van der Waals surface area contributed by atoms with Crippen LogP contribution >= 0.6 is 15.9 Å². The summed E-state index contributed by atoms with van der Waals surface area (Å²) < 4.78 is 0.768. The van der Waals surface area contributed by atoms with Gasteiger partial charge in [0.15, 0.2) is 0 Å². The molecule has 1 aromatic rings. The number of carboxylic acid groups (broad SMARTS) is 1. The summed E-state index contributed by atoms with van der Waals surface area (Å²) in [4.78, 5) is 10.9. The zero-order chi connectivity index (χ0) is 15.5. The van der Waals surface area contributed by atoms with Gasteiger partial charge in [0.2, 0.25) is 0 Å². The van der Waals surface area contributed by atoms with E-state index >= 15 is 0 Å².